The molecule has 11 heteroatoms. The molecule has 0 radical (unpaired) electrons. The van der Waals surface area contributed by atoms with Crippen LogP contribution in [0.2, 0.25) is 0 Å². The Morgan fingerprint density at radius 2 is 1.94 bits per heavy atom. The summed E-state index contributed by atoms with van der Waals surface area (Å²) in [7, 11) is -3.73. The Morgan fingerprint density at radius 3 is 2.65 bits per heavy atom. The molecule has 2 aromatic carbocycles. The third-order valence-electron chi connectivity index (χ3n) is 4.90. The first-order valence-corrected chi connectivity index (χ1v) is 10.9. The Labute approximate surface area is 177 Å². The van der Waals surface area contributed by atoms with Gasteiger partial charge in [0.2, 0.25) is 10.0 Å². The normalized spacial score (nSPS) is 15.0. The van der Waals surface area contributed by atoms with Crippen LogP contribution in [0.15, 0.2) is 56.7 Å². The summed E-state index contributed by atoms with van der Waals surface area (Å²) in [6.07, 6.45) is 0. The second-order valence-corrected chi connectivity index (χ2v) is 8.91. The van der Waals surface area contributed by atoms with Crippen molar-refractivity contribution in [1.82, 2.24) is 14.4 Å². The van der Waals surface area contributed by atoms with Gasteiger partial charge in [-0.05, 0) is 36.8 Å². The summed E-state index contributed by atoms with van der Waals surface area (Å²) in [6, 6.07) is 11.2. The minimum atomic E-state index is -3.73. The van der Waals surface area contributed by atoms with Crippen molar-refractivity contribution in [3.05, 3.63) is 64.1 Å². The molecule has 1 saturated heterocycles. The molecule has 2 heterocycles. The van der Waals surface area contributed by atoms with Crippen LogP contribution in [0.1, 0.15) is 15.9 Å². The van der Waals surface area contributed by atoms with Gasteiger partial charge in [-0.1, -0.05) is 23.4 Å². The number of hydrogen-bond acceptors (Lipinski definition) is 7. The number of hydrogen-bond donors (Lipinski definition) is 2. The van der Waals surface area contributed by atoms with Gasteiger partial charge in [0.1, 0.15) is 0 Å². The molecule has 2 N–H and O–H groups in total. The second kappa shape index (κ2) is 8.46. The number of amides is 1. The average molecular weight is 444 g/mol. The SMILES string of the molecule is Cc1ccc(S(=O)(=O)N2CCOCC2)cc1C(=O)Nc1cccc(-c2noc(=O)[nH]2)c1. The number of ether oxygens (including phenoxy) is 1. The maximum Gasteiger partial charge on any atom is 0.439 e. The van der Waals surface area contributed by atoms with Gasteiger partial charge >= 0.3 is 5.76 Å². The van der Waals surface area contributed by atoms with Crippen molar-refractivity contribution in [1.29, 1.82) is 0 Å². The van der Waals surface area contributed by atoms with Crippen molar-refractivity contribution < 1.29 is 22.5 Å². The predicted octanol–water partition coefficient (Wildman–Crippen LogP) is 1.61. The summed E-state index contributed by atoms with van der Waals surface area (Å²) in [6.45, 7) is 2.96. The smallest absolute Gasteiger partial charge is 0.379 e. The highest BCUT2D eigenvalue weighted by molar-refractivity contribution is 7.89. The highest BCUT2D eigenvalue weighted by atomic mass is 32.2. The van der Waals surface area contributed by atoms with E-state index < -0.39 is 21.7 Å². The van der Waals surface area contributed by atoms with E-state index in [2.05, 4.69) is 20.0 Å². The maximum absolute atomic E-state index is 12.9. The Hall–Kier alpha value is -3.28. The van der Waals surface area contributed by atoms with Gasteiger partial charge in [-0.3, -0.25) is 14.3 Å². The molecule has 1 aliphatic rings. The first-order chi connectivity index (χ1) is 14.8. The van der Waals surface area contributed by atoms with Crippen molar-refractivity contribution in [2.24, 2.45) is 0 Å². The lowest BCUT2D eigenvalue weighted by Crippen LogP contribution is -2.40. The van der Waals surface area contributed by atoms with Crippen molar-refractivity contribution in [2.45, 2.75) is 11.8 Å². The van der Waals surface area contributed by atoms with E-state index in [1.54, 1.807) is 37.3 Å². The van der Waals surface area contributed by atoms with E-state index in [9.17, 15) is 18.0 Å². The van der Waals surface area contributed by atoms with E-state index >= 15 is 0 Å². The lowest BCUT2D eigenvalue weighted by atomic mass is 10.1. The molecule has 0 saturated carbocycles. The summed E-state index contributed by atoms with van der Waals surface area (Å²) in [4.78, 5) is 26.6. The van der Waals surface area contributed by atoms with Crippen LogP contribution in [-0.2, 0) is 14.8 Å². The Morgan fingerprint density at radius 1 is 1.16 bits per heavy atom. The van der Waals surface area contributed by atoms with Crippen LogP contribution in [-0.4, -0.2) is 55.1 Å². The fraction of sp³-hybridized carbons (Fsp3) is 0.250. The van der Waals surface area contributed by atoms with E-state index in [4.69, 9.17) is 4.74 Å². The number of sulfonamides is 1. The van der Waals surface area contributed by atoms with E-state index in [1.807, 2.05) is 0 Å². The van der Waals surface area contributed by atoms with Gasteiger partial charge in [0.25, 0.3) is 5.91 Å². The number of nitrogens with zero attached hydrogens (tertiary/aromatic N) is 2. The molecule has 1 amide bonds. The van der Waals surface area contributed by atoms with E-state index in [-0.39, 0.29) is 29.4 Å². The molecule has 3 aromatic rings. The number of benzene rings is 2. The van der Waals surface area contributed by atoms with Gasteiger partial charge < -0.3 is 10.1 Å². The third-order valence-corrected chi connectivity index (χ3v) is 6.79. The minimum Gasteiger partial charge on any atom is -0.379 e. The number of carbonyl (C=O) groups excluding carboxylic acids is 1. The summed E-state index contributed by atoms with van der Waals surface area (Å²) in [5.41, 5.74) is 1.88. The number of nitrogens with one attached hydrogen (secondary N) is 2. The van der Waals surface area contributed by atoms with E-state index in [0.717, 1.165) is 0 Å². The Kier molecular flexibility index (Phi) is 5.72. The summed E-state index contributed by atoms with van der Waals surface area (Å²) in [5, 5.41) is 6.38. The van der Waals surface area contributed by atoms with Crippen LogP contribution in [0.3, 0.4) is 0 Å². The quantitative estimate of drug-likeness (QED) is 0.610. The van der Waals surface area contributed by atoms with Crippen LogP contribution in [0.25, 0.3) is 11.4 Å². The molecule has 162 valence electrons. The van der Waals surface area contributed by atoms with Crippen LogP contribution < -0.4 is 11.1 Å². The standard InChI is InChI=1S/C20H20N4O6S/c1-13-5-6-16(31(27,28)24-7-9-29-10-8-24)12-17(13)19(25)21-15-4-2-3-14(11-15)18-22-20(26)30-23-18/h2-6,11-12H,7-10H2,1H3,(H,21,25)(H,22,23,26). The van der Waals surface area contributed by atoms with Crippen molar-refractivity contribution in [2.75, 3.05) is 31.6 Å². The van der Waals surface area contributed by atoms with Gasteiger partial charge in [-0.15, -0.1) is 0 Å². The monoisotopic (exact) mass is 444 g/mol. The zero-order valence-electron chi connectivity index (χ0n) is 16.6. The van der Waals surface area contributed by atoms with Crippen molar-refractivity contribution in [3.63, 3.8) is 0 Å². The van der Waals surface area contributed by atoms with Crippen LogP contribution >= 0.6 is 0 Å². The Balaban J connectivity index is 1.59. The molecular formula is C20H20N4O6S. The number of anilines is 1. The van der Waals surface area contributed by atoms with Crippen LogP contribution in [0, 0.1) is 6.92 Å². The van der Waals surface area contributed by atoms with Gasteiger partial charge in [0.15, 0.2) is 5.82 Å². The largest absolute Gasteiger partial charge is 0.439 e. The number of aryl methyl sites for hydroxylation is 1. The summed E-state index contributed by atoms with van der Waals surface area (Å²) >= 11 is 0. The maximum atomic E-state index is 12.9. The molecule has 1 fully saturated rings. The molecule has 0 bridgehead atoms. The number of carbonyl (C=O) groups is 1. The van der Waals surface area contributed by atoms with Crippen LogP contribution in [0.5, 0.6) is 0 Å². The van der Waals surface area contributed by atoms with E-state index in [0.29, 0.717) is 30.0 Å². The fourth-order valence-corrected chi connectivity index (χ4v) is 4.67. The minimum absolute atomic E-state index is 0.0547. The first kappa shape index (κ1) is 21.0. The first-order valence-electron chi connectivity index (χ1n) is 9.51. The highest BCUT2D eigenvalue weighted by Gasteiger charge is 2.27. The molecular weight excluding hydrogens is 424 g/mol. The van der Waals surface area contributed by atoms with Crippen molar-refractivity contribution in [3.8, 4) is 11.4 Å². The topological polar surface area (TPSA) is 135 Å². The molecule has 0 aliphatic carbocycles. The van der Waals surface area contributed by atoms with Crippen LogP contribution in [0.4, 0.5) is 5.69 Å². The number of aromatic amines is 1. The lowest BCUT2D eigenvalue weighted by Gasteiger charge is -2.26. The van der Waals surface area contributed by atoms with Gasteiger partial charge in [0, 0.05) is 29.9 Å². The molecule has 1 aliphatic heterocycles. The highest BCUT2D eigenvalue weighted by Crippen LogP contribution is 2.23. The lowest BCUT2D eigenvalue weighted by molar-refractivity contribution is 0.0730. The molecule has 0 atom stereocenters. The number of morpholine rings is 1. The van der Waals surface area contributed by atoms with Gasteiger partial charge in [-0.2, -0.15) is 4.31 Å². The number of rotatable bonds is 5. The van der Waals surface area contributed by atoms with Gasteiger partial charge in [0.05, 0.1) is 18.1 Å². The zero-order valence-corrected chi connectivity index (χ0v) is 17.4. The van der Waals surface area contributed by atoms with Gasteiger partial charge in [-0.25, -0.2) is 13.2 Å². The van der Waals surface area contributed by atoms with E-state index in [1.165, 1.54) is 16.4 Å². The number of H-pyrrole nitrogens is 1. The summed E-state index contributed by atoms with van der Waals surface area (Å²) in [5.74, 6) is -0.906. The number of aromatic nitrogens is 2. The second-order valence-electron chi connectivity index (χ2n) is 6.97. The Bertz CT molecular complexity index is 1270. The average Bonchev–Trinajstić information content (AvgIpc) is 3.21. The van der Waals surface area contributed by atoms with Crippen molar-refractivity contribution >= 4 is 21.6 Å². The molecule has 10 nitrogen and oxygen atoms in total. The predicted molar refractivity (Wildman–Crippen MR) is 111 cm³/mol. The molecule has 0 unspecified atom stereocenters. The molecule has 0 spiro atoms. The molecule has 1 aromatic heterocycles. The summed E-state index contributed by atoms with van der Waals surface area (Å²) < 4.78 is 36.9. The zero-order chi connectivity index (χ0) is 22.0. The fourth-order valence-electron chi connectivity index (χ4n) is 3.24. The third kappa shape index (κ3) is 4.43. The molecule has 31 heavy (non-hydrogen) atoms. The molecule has 4 rings (SSSR count).